The number of rotatable bonds is 5. The van der Waals surface area contributed by atoms with Crippen molar-refractivity contribution in [3.05, 3.63) is 51.1 Å². The molecule has 0 unspecified atom stereocenters. The predicted octanol–water partition coefficient (Wildman–Crippen LogP) is 4.17. The first-order valence-corrected chi connectivity index (χ1v) is 10.3. The van der Waals surface area contributed by atoms with Crippen LogP contribution in [0.2, 0.25) is 0 Å². The quantitative estimate of drug-likeness (QED) is 0.581. The van der Waals surface area contributed by atoms with E-state index in [2.05, 4.69) is 43.3 Å². The lowest BCUT2D eigenvalue weighted by molar-refractivity contribution is 0.129. The average Bonchev–Trinajstić information content (AvgIpc) is 3.06. The zero-order valence-corrected chi connectivity index (χ0v) is 16.9. The molecule has 6 heteroatoms. The van der Waals surface area contributed by atoms with Crippen LogP contribution in [-0.2, 0) is 6.42 Å². The van der Waals surface area contributed by atoms with E-state index < -0.39 is 0 Å². The van der Waals surface area contributed by atoms with Crippen molar-refractivity contribution in [2.75, 3.05) is 26.7 Å². The van der Waals surface area contributed by atoms with Gasteiger partial charge in [-0.15, -0.1) is 11.3 Å². The molecule has 0 aliphatic carbocycles. The van der Waals surface area contributed by atoms with Crippen molar-refractivity contribution >= 4 is 33.2 Å². The van der Waals surface area contributed by atoms with Crippen molar-refractivity contribution in [3.8, 4) is 5.75 Å². The van der Waals surface area contributed by atoms with E-state index in [1.807, 2.05) is 37.4 Å². The van der Waals surface area contributed by atoms with Gasteiger partial charge in [0.1, 0.15) is 11.9 Å². The Hall–Kier alpha value is -1.53. The Labute approximate surface area is 162 Å². The van der Waals surface area contributed by atoms with E-state index in [9.17, 15) is 0 Å². The van der Waals surface area contributed by atoms with Crippen molar-refractivity contribution in [1.82, 2.24) is 10.2 Å². The molecule has 1 aromatic carbocycles. The molecule has 0 saturated carbocycles. The standard InChI is InChI=1S/C19H24BrN3OS/c1-21-19(22-12-9-17-7-8-18(20)25-17)23-13-10-16(11-14-23)24-15-5-3-2-4-6-15/h2-8,16H,9-14H2,1H3,(H,21,22). The molecule has 2 heterocycles. The molecular formula is C19H24BrN3OS. The zero-order chi connectivity index (χ0) is 17.5. The molecule has 2 aromatic rings. The molecule has 1 N–H and O–H groups in total. The number of ether oxygens (including phenoxy) is 1. The van der Waals surface area contributed by atoms with Crippen LogP contribution in [0.1, 0.15) is 17.7 Å². The van der Waals surface area contributed by atoms with Crippen LogP contribution in [0.4, 0.5) is 0 Å². The first-order chi connectivity index (χ1) is 12.2. The van der Waals surface area contributed by atoms with Crippen molar-refractivity contribution < 1.29 is 4.74 Å². The number of para-hydroxylation sites is 1. The second-order valence-corrected chi connectivity index (χ2v) is 8.59. The van der Waals surface area contributed by atoms with Gasteiger partial charge in [-0.05, 0) is 46.6 Å². The van der Waals surface area contributed by atoms with Crippen LogP contribution in [-0.4, -0.2) is 43.6 Å². The summed E-state index contributed by atoms with van der Waals surface area (Å²) >= 11 is 5.30. The summed E-state index contributed by atoms with van der Waals surface area (Å²) in [6.45, 7) is 2.85. The van der Waals surface area contributed by atoms with Crippen LogP contribution in [0.3, 0.4) is 0 Å². The van der Waals surface area contributed by atoms with Gasteiger partial charge in [-0.25, -0.2) is 0 Å². The molecule has 0 atom stereocenters. The number of guanidine groups is 1. The molecule has 134 valence electrons. The van der Waals surface area contributed by atoms with Gasteiger partial charge in [-0.3, -0.25) is 4.99 Å². The molecule has 1 aromatic heterocycles. The first-order valence-electron chi connectivity index (χ1n) is 8.66. The number of piperidine rings is 1. The van der Waals surface area contributed by atoms with E-state index in [1.165, 1.54) is 8.66 Å². The van der Waals surface area contributed by atoms with Crippen molar-refractivity contribution in [2.45, 2.75) is 25.4 Å². The summed E-state index contributed by atoms with van der Waals surface area (Å²) in [6, 6.07) is 14.4. The molecule has 0 amide bonds. The summed E-state index contributed by atoms with van der Waals surface area (Å²) in [5.41, 5.74) is 0. The van der Waals surface area contributed by atoms with Crippen LogP contribution >= 0.6 is 27.3 Å². The van der Waals surface area contributed by atoms with Gasteiger partial charge >= 0.3 is 0 Å². The van der Waals surface area contributed by atoms with Crippen LogP contribution in [0.15, 0.2) is 51.2 Å². The number of halogens is 1. The molecule has 0 radical (unpaired) electrons. The Morgan fingerprint density at radius 3 is 2.64 bits per heavy atom. The highest BCUT2D eigenvalue weighted by Crippen LogP contribution is 2.22. The van der Waals surface area contributed by atoms with Crippen molar-refractivity contribution in [2.24, 2.45) is 4.99 Å². The molecule has 1 aliphatic rings. The maximum Gasteiger partial charge on any atom is 0.193 e. The molecule has 4 nitrogen and oxygen atoms in total. The molecule has 25 heavy (non-hydrogen) atoms. The van der Waals surface area contributed by atoms with E-state index in [1.54, 1.807) is 11.3 Å². The van der Waals surface area contributed by atoms with E-state index >= 15 is 0 Å². The maximum atomic E-state index is 6.07. The molecule has 1 aliphatic heterocycles. The minimum Gasteiger partial charge on any atom is -0.490 e. The molecule has 1 saturated heterocycles. The Morgan fingerprint density at radius 1 is 1.24 bits per heavy atom. The second-order valence-electron chi connectivity index (χ2n) is 6.05. The smallest absolute Gasteiger partial charge is 0.193 e. The third-order valence-corrected chi connectivity index (χ3v) is 5.97. The normalized spacial score (nSPS) is 16.1. The topological polar surface area (TPSA) is 36.9 Å². The van der Waals surface area contributed by atoms with E-state index in [0.717, 1.165) is 50.6 Å². The lowest BCUT2D eigenvalue weighted by atomic mass is 10.1. The summed E-state index contributed by atoms with van der Waals surface area (Å²) < 4.78 is 7.26. The van der Waals surface area contributed by atoms with Gasteiger partial charge in [-0.1, -0.05) is 18.2 Å². The fourth-order valence-corrected chi connectivity index (χ4v) is 4.48. The molecule has 3 rings (SSSR count). The van der Waals surface area contributed by atoms with Gasteiger partial charge in [0, 0.05) is 44.4 Å². The van der Waals surface area contributed by atoms with Gasteiger partial charge in [0.25, 0.3) is 0 Å². The van der Waals surface area contributed by atoms with Gasteiger partial charge < -0.3 is 15.0 Å². The molecule has 0 spiro atoms. The van der Waals surface area contributed by atoms with E-state index in [-0.39, 0.29) is 0 Å². The zero-order valence-electron chi connectivity index (χ0n) is 14.5. The average molecular weight is 422 g/mol. The van der Waals surface area contributed by atoms with Gasteiger partial charge in [0.2, 0.25) is 0 Å². The lowest BCUT2D eigenvalue weighted by Crippen LogP contribution is -2.47. The van der Waals surface area contributed by atoms with Gasteiger partial charge in [0.15, 0.2) is 5.96 Å². The van der Waals surface area contributed by atoms with Crippen LogP contribution in [0.5, 0.6) is 5.75 Å². The number of hydrogen-bond acceptors (Lipinski definition) is 3. The number of likely N-dealkylation sites (tertiary alicyclic amines) is 1. The lowest BCUT2D eigenvalue weighted by Gasteiger charge is -2.34. The third-order valence-electron chi connectivity index (χ3n) is 4.28. The number of benzene rings is 1. The molecule has 1 fully saturated rings. The Bertz CT molecular complexity index is 681. The number of nitrogens with one attached hydrogen (secondary N) is 1. The Kier molecular flexibility index (Phi) is 6.76. The Balaban J connectivity index is 1.42. The highest BCUT2D eigenvalue weighted by molar-refractivity contribution is 9.11. The number of aliphatic imine (C=N–C) groups is 1. The van der Waals surface area contributed by atoms with Gasteiger partial charge in [-0.2, -0.15) is 0 Å². The summed E-state index contributed by atoms with van der Waals surface area (Å²) in [5.74, 6) is 1.96. The summed E-state index contributed by atoms with van der Waals surface area (Å²) in [7, 11) is 1.86. The number of nitrogens with zero attached hydrogens (tertiary/aromatic N) is 2. The summed E-state index contributed by atoms with van der Waals surface area (Å²) in [6.07, 6.45) is 3.35. The fraction of sp³-hybridized carbons (Fsp3) is 0.421. The minimum atomic E-state index is 0.292. The van der Waals surface area contributed by atoms with Crippen LogP contribution in [0, 0.1) is 0 Å². The molecule has 0 bridgehead atoms. The fourth-order valence-electron chi connectivity index (χ4n) is 2.99. The number of thiophene rings is 1. The minimum absolute atomic E-state index is 0.292. The van der Waals surface area contributed by atoms with Crippen molar-refractivity contribution in [1.29, 1.82) is 0 Å². The van der Waals surface area contributed by atoms with E-state index in [0.29, 0.717) is 6.10 Å². The highest BCUT2D eigenvalue weighted by atomic mass is 79.9. The van der Waals surface area contributed by atoms with Crippen LogP contribution in [0.25, 0.3) is 0 Å². The monoisotopic (exact) mass is 421 g/mol. The third kappa shape index (κ3) is 5.47. The predicted molar refractivity (Wildman–Crippen MR) is 109 cm³/mol. The van der Waals surface area contributed by atoms with E-state index in [4.69, 9.17) is 4.74 Å². The van der Waals surface area contributed by atoms with Crippen LogP contribution < -0.4 is 10.1 Å². The van der Waals surface area contributed by atoms with Gasteiger partial charge in [0.05, 0.1) is 3.79 Å². The highest BCUT2D eigenvalue weighted by Gasteiger charge is 2.22. The maximum absolute atomic E-state index is 6.07. The SMILES string of the molecule is CN=C(NCCc1ccc(Br)s1)N1CCC(Oc2ccccc2)CC1. The second kappa shape index (κ2) is 9.25. The summed E-state index contributed by atoms with van der Waals surface area (Å²) in [4.78, 5) is 8.15. The molecular weight excluding hydrogens is 398 g/mol. The first kappa shape index (κ1) is 18.3. The Morgan fingerprint density at radius 2 is 2.00 bits per heavy atom. The van der Waals surface area contributed by atoms with Crippen molar-refractivity contribution in [3.63, 3.8) is 0 Å². The number of hydrogen-bond donors (Lipinski definition) is 1. The summed E-state index contributed by atoms with van der Waals surface area (Å²) in [5, 5.41) is 3.49. The largest absolute Gasteiger partial charge is 0.490 e.